The second-order valence-corrected chi connectivity index (χ2v) is 7.17. The molecule has 0 radical (unpaired) electrons. The smallest absolute Gasteiger partial charge is 0.257 e. The summed E-state index contributed by atoms with van der Waals surface area (Å²) in [4.78, 5) is 14.7. The maximum atomic E-state index is 12.8. The van der Waals surface area contributed by atoms with Gasteiger partial charge in [0.1, 0.15) is 11.5 Å². The average molecular weight is 353 g/mol. The molecule has 4 nitrogen and oxygen atoms in total. The zero-order valence-corrected chi connectivity index (χ0v) is 15.6. The third kappa shape index (κ3) is 4.37. The van der Waals surface area contributed by atoms with Gasteiger partial charge in [0.25, 0.3) is 5.91 Å². The largest absolute Gasteiger partial charge is 0.507 e. The topological polar surface area (TPSA) is 49.8 Å². The van der Waals surface area contributed by atoms with Crippen LogP contribution in [0.25, 0.3) is 0 Å². The fourth-order valence-corrected chi connectivity index (χ4v) is 3.68. The van der Waals surface area contributed by atoms with Crippen molar-refractivity contribution >= 4 is 5.91 Å². The van der Waals surface area contributed by atoms with Crippen LogP contribution in [0.3, 0.4) is 0 Å². The fourth-order valence-electron chi connectivity index (χ4n) is 3.68. The number of phenols is 1. The van der Waals surface area contributed by atoms with Crippen LogP contribution in [0.15, 0.2) is 42.5 Å². The molecule has 0 unspecified atom stereocenters. The lowest BCUT2D eigenvalue weighted by molar-refractivity contribution is 0.0665. The number of aromatic hydroxyl groups is 1. The molecule has 1 aliphatic rings. The van der Waals surface area contributed by atoms with Crippen molar-refractivity contribution in [2.75, 3.05) is 20.2 Å². The molecule has 1 N–H and O–H groups in total. The van der Waals surface area contributed by atoms with E-state index in [0.717, 1.165) is 50.1 Å². The molecule has 0 aromatic heterocycles. The summed E-state index contributed by atoms with van der Waals surface area (Å²) in [6.07, 6.45) is 4.20. The highest BCUT2D eigenvalue weighted by atomic mass is 16.5. The van der Waals surface area contributed by atoms with Gasteiger partial charge in [-0.15, -0.1) is 0 Å². The number of piperidine rings is 1. The fraction of sp³-hybridized carbons (Fsp3) is 0.409. The zero-order valence-electron chi connectivity index (χ0n) is 15.6. The highest BCUT2D eigenvalue weighted by Gasteiger charge is 2.25. The monoisotopic (exact) mass is 353 g/mol. The minimum absolute atomic E-state index is 0.0615. The van der Waals surface area contributed by atoms with Gasteiger partial charge in [0.05, 0.1) is 12.7 Å². The number of carbonyl (C=O) groups is 1. The number of likely N-dealkylation sites (tertiary alicyclic amines) is 1. The average Bonchev–Trinajstić information content (AvgIpc) is 2.66. The summed E-state index contributed by atoms with van der Waals surface area (Å²) in [5.41, 5.74) is 2.63. The maximum absolute atomic E-state index is 12.8. The van der Waals surface area contributed by atoms with E-state index in [2.05, 4.69) is 12.1 Å². The standard InChI is InChI=1S/C22H27NO3/c1-16-8-11-20(21(24)13-16)22(25)23-12-4-6-18(15-23)10-9-17-5-3-7-19(14-17)26-2/h3,5,7-8,11,13-14,18,24H,4,6,9-10,12,15H2,1-2H3/t18-/m0/s1. The first kappa shape index (κ1) is 18.3. The summed E-state index contributed by atoms with van der Waals surface area (Å²) in [7, 11) is 1.68. The van der Waals surface area contributed by atoms with Gasteiger partial charge in [0.15, 0.2) is 0 Å². The van der Waals surface area contributed by atoms with E-state index in [4.69, 9.17) is 4.74 Å². The molecule has 1 fully saturated rings. The first-order valence-corrected chi connectivity index (χ1v) is 9.28. The van der Waals surface area contributed by atoms with E-state index in [9.17, 15) is 9.90 Å². The predicted molar refractivity (Wildman–Crippen MR) is 103 cm³/mol. The SMILES string of the molecule is COc1cccc(CC[C@@H]2CCCN(C(=O)c3ccc(C)cc3O)C2)c1. The highest BCUT2D eigenvalue weighted by molar-refractivity contribution is 5.97. The van der Waals surface area contributed by atoms with Gasteiger partial charge < -0.3 is 14.7 Å². The first-order chi connectivity index (χ1) is 12.6. The van der Waals surface area contributed by atoms with E-state index in [-0.39, 0.29) is 11.7 Å². The van der Waals surface area contributed by atoms with E-state index in [0.29, 0.717) is 11.5 Å². The second-order valence-electron chi connectivity index (χ2n) is 7.17. The number of hydrogen-bond acceptors (Lipinski definition) is 3. The lowest BCUT2D eigenvalue weighted by Crippen LogP contribution is -2.40. The van der Waals surface area contributed by atoms with Crippen LogP contribution >= 0.6 is 0 Å². The normalized spacial score (nSPS) is 17.2. The highest BCUT2D eigenvalue weighted by Crippen LogP contribution is 2.26. The molecule has 2 aromatic rings. The number of ether oxygens (including phenoxy) is 1. The third-order valence-corrected chi connectivity index (χ3v) is 5.17. The number of benzene rings is 2. The van der Waals surface area contributed by atoms with Gasteiger partial charge in [-0.05, 0) is 73.9 Å². The van der Waals surface area contributed by atoms with Crippen molar-refractivity contribution in [1.29, 1.82) is 0 Å². The Bertz CT molecular complexity index is 772. The van der Waals surface area contributed by atoms with Gasteiger partial charge in [-0.25, -0.2) is 0 Å². The van der Waals surface area contributed by atoms with E-state index < -0.39 is 0 Å². The van der Waals surface area contributed by atoms with Gasteiger partial charge in [-0.1, -0.05) is 18.2 Å². The summed E-state index contributed by atoms with van der Waals surface area (Å²) in [5, 5.41) is 10.1. The Hall–Kier alpha value is -2.49. The molecule has 0 aliphatic carbocycles. The van der Waals surface area contributed by atoms with Crippen molar-refractivity contribution in [3.05, 3.63) is 59.2 Å². The summed E-state index contributed by atoms with van der Waals surface area (Å²) >= 11 is 0. The van der Waals surface area contributed by atoms with E-state index in [1.807, 2.05) is 30.0 Å². The minimum atomic E-state index is -0.0615. The van der Waals surface area contributed by atoms with Crippen molar-refractivity contribution in [3.63, 3.8) is 0 Å². The van der Waals surface area contributed by atoms with Crippen LogP contribution in [0, 0.1) is 12.8 Å². The van der Waals surface area contributed by atoms with E-state index in [1.54, 1.807) is 19.2 Å². The summed E-state index contributed by atoms with van der Waals surface area (Å²) in [6, 6.07) is 13.4. The molecule has 26 heavy (non-hydrogen) atoms. The molecule has 138 valence electrons. The Balaban J connectivity index is 1.60. The molecule has 3 rings (SSSR count). The predicted octanol–water partition coefficient (Wildman–Crippen LogP) is 4.19. The lowest BCUT2D eigenvalue weighted by Gasteiger charge is -2.33. The van der Waals surface area contributed by atoms with Gasteiger partial charge >= 0.3 is 0 Å². The Kier molecular flexibility index (Phi) is 5.82. The molecule has 1 aliphatic heterocycles. The first-order valence-electron chi connectivity index (χ1n) is 9.28. The number of nitrogens with zero attached hydrogens (tertiary/aromatic N) is 1. The number of amides is 1. The van der Waals surface area contributed by atoms with Crippen molar-refractivity contribution in [3.8, 4) is 11.5 Å². The van der Waals surface area contributed by atoms with E-state index >= 15 is 0 Å². The van der Waals surface area contributed by atoms with Gasteiger partial charge in [0, 0.05) is 13.1 Å². The minimum Gasteiger partial charge on any atom is -0.507 e. The molecule has 1 heterocycles. The number of hydrogen-bond donors (Lipinski definition) is 1. The van der Waals surface area contributed by atoms with Gasteiger partial charge in [-0.3, -0.25) is 4.79 Å². The van der Waals surface area contributed by atoms with Gasteiger partial charge in [-0.2, -0.15) is 0 Å². The second kappa shape index (κ2) is 8.26. The molecule has 1 amide bonds. The number of aryl methyl sites for hydroxylation is 2. The molecule has 0 saturated carbocycles. The molecule has 1 atom stereocenters. The molecule has 0 spiro atoms. The Morgan fingerprint density at radius 3 is 2.88 bits per heavy atom. The molecule has 4 heteroatoms. The van der Waals surface area contributed by atoms with Crippen molar-refractivity contribution < 1.29 is 14.6 Å². The van der Waals surface area contributed by atoms with Crippen LogP contribution in [0.4, 0.5) is 0 Å². The van der Waals surface area contributed by atoms with Gasteiger partial charge in [0.2, 0.25) is 0 Å². The van der Waals surface area contributed by atoms with Crippen LogP contribution < -0.4 is 4.74 Å². The number of methoxy groups -OCH3 is 1. The Labute approximate surface area is 155 Å². The van der Waals surface area contributed by atoms with Crippen LogP contribution in [0.2, 0.25) is 0 Å². The molecule has 1 saturated heterocycles. The third-order valence-electron chi connectivity index (χ3n) is 5.17. The van der Waals surface area contributed by atoms with Crippen LogP contribution in [0.1, 0.15) is 40.7 Å². The van der Waals surface area contributed by atoms with Crippen molar-refractivity contribution in [2.24, 2.45) is 5.92 Å². The van der Waals surface area contributed by atoms with Crippen LogP contribution in [-0.4, -0.2) is 36.1 Å². The Morgan fingerprint density at radius 1 is 1.27 bits per heavy atom. The number of rotatable bonds is 5. The zero-order chi connectivity index (χ0) is 18.5. The maximum Gasteiger partial charge on any atom is 0.257 e. The van der Waals surface area contributed by atoms with Crippen LogP contribution in [-0.2, 0) is 6.42 Å². The molecular formula is C22H27NO3. The summed E-state index contributed by atoms with van der Waals surface area (Å²) in [5.74, 6) is 1.39. The van der Waals surface area contributed by atoms with Crippen molar-refractivity contribution in [1.82, 2.24) is 4.90 Å². The van der Waals surface area contributed by atoms with Crippen LogP contribution in [0.5, 0.6) is 11.5 Å². The molecule has 2 aromatic carbocycles. The number of phenolic OH excluding ortho intramolecular Hbond substituents is 1. The summed E-state index contributed by atoms with van der Waals surface area (Å²) < 4.78 is 5.29. The molecular weight excluding hydrogens is 326 g/mol. The molecule has 0 bridgehead atoms. The van der Waals surface area contributed by atoms with Crippen molar-refractivity contribution in [2.45, 2.75) is 32.6 Å². The quantitative estimate of drug-likeness (QED) is 0.877. The lowest BCUT2D eigenvalue weighted by atomic mass is 9.91. The van der Waals surface area contributed by atoms with E-state index in [1.165, 1.54) is 5.56 Å². The summed E-state index contributed by atoms with van der Waals surface area (Å²) in [6.45, 7) is 3.43. The number of carbonyl (C=O) groups excluding carboxylic acids is 1. The Morgan fingerprint density at radius 2 is 2.12 bits per heavy atom.